The molecule has 0 fully saturated rings. The number of aryl methyl sites for hydroxylation is 1. The second-order valence-corrected chi connectivity index (χ2v) is 4.98. The van der Waals surface area contributed by atoms with E-state index in [2.05, 4.69) is 31.6 Å². The van der Waals surface area contributed by atoms with Gasteiger partial charge in [0.05, 0.1) is 17.8 Å². The van der Waals surface area contributed by atoms with Crippen molar-refractivity contribution in [1.82, 2.24) is 15.2 Å². The number of methoxy groups -OCH3 is 1. The summed E-state index contributed by atoms with van der Waals surface area (Å²) in [6.07, 6.45) is 2.99. The molecule has 0 atom stereocenters. The standard InChI is InChI=1S/C13H13BrN4O3/c1-18-7-10(14)12(17-18)13(20)16-15-6-8-5-9(21-2)3-4-11(8)19/h3-7,19H,1-2H3,(H,16,20)/b15-6-. The SMILES string of the molecule is COc1ccc(O)c(/C=N\NC(=O)c2nn(C)cc2Br)c1. The minimum Gasteiger partial charge on any atom is -0.507 e. The number of phenolic OH excluding ortho intramolecular Hbond substituents is 1. The quantitative estimate of drug-likeness (QED) is 0.646. The number of rotatable bonds is 4. The van der Waals surface area contributed by atoms with Gasteiger partial charge in [-0.1, -0.05) is 0 Å². The Hall–Kier alpha value is -2.35. The first-order chi connectivity index (χ1) is 10.0. The van der Waals surface area contributed by atoms with Gasteiger partial charge in [0.1, 0.15) is 11.5 Å². The van der Waals surface area contributed by atoms with Crippen LogP contribution in [-0.2, 0) is 7.05 Å². The van der Waals surface area contributed by atoms with Crippen molar-refractivity contribution in [3.05, 3.63) is 40.1 Å². The third-order valence-corrected chi connectivity index (χ3v) is 3.18. The number of nitrogens with one attached hydrogen (secondary N) is 1. The second kappa shape index (κ2) is 6.40. The Bertz CT molecular complexity index is 697. The van der Waals surface area contributed by atoms with E-state index in [1.54, 1.807) is 25.4 Å². The summed E-state index contributed by atoms with van der Waals surface area (Å²) in [4.78, 5) is 11.9. The Labute approximate surface area is 129 Å². The fourth-order valence-electron chi connectivity index (χ4n) is 1.59. The van der Waals surface area contributed by atoms with E-state index in [0.29, 0.717) is 15.8 Å². The monoisotopic (exact) mass is 352 g/mol. The summed E-state index contributed by atoms with van der Waals surface area (Å²) in [6, 6.07) is 4.70. The molecule has 2 N–H and O–H groups in total. The van der Waals surface area contributed by atoms with E-state index in [1.165, 1.54) is 24.1 Å². The van der Waals surface area contributed by atoms with Gasteiger partial charge in [0.2, 0.25) is 0 Å². The maximum absolute atomic E-state index is 11.9. The van der Waals surface area contributed by atoms with E-state index in [1.807, 2.05) is 0 Å². The number of aromatic hydroxyl groups is 1. The van der Waals surface area contributed by atoms with Crippen LogP contribution >= 0.6 is 15.9 Å². The molecule has 0 saturated heterocycles. The zero-order valence-corrected chi connectivity index (χ0v) is 13.0. The molecule has 0 aliphatic carbocycles. The minimum absolute atomic E-state index is 0.0350. The Kier molecular flexibility index (Phi) is 4.59. The van der Waals surface area contributed by atoms with Gasteiger partial charge >= 0.3 is 0 Å². The molecule has 1 heterocycles. The molecule has 1 amide bonds. The first-order valence-corrected chi connectivity index (χ1v) is 6.70. The van der Waals surface area contributed by atoms with Crippen LogP contribution in [-0.4, -0.2) is 34.1 Å². The van der Waals surface area contributed by atoms with Gasteiger partial charge < -0.3 is 9.84 Å². The number of carbonyl (C=O) groups excluding carboxylic acids is 1. The number of nitrogens with zero attached hydrogens (tertiary/aromatic N) is 3. The van der Waals surface area contributed by atoms with Crippen molar-refractivity contribution in [3.63, 3.8) is 0 Å². The highest BCUT2D eigenvalue weighted by atomic mass is 79.9. The molecule has 8 heteroatoms. The van der Waals surface area contributed by atoms with Crippen LogP contribution in [0.1, 0.15) is 16.1 Å². The van der Waals surface area contributed by atoms with E-state index in [9.17, 15) is 9.90 Å². The van der Waals surface area contributed by atoms with Crippen LogP contribution in [0.5, 0.6) is 11.5 Å². The van der Waals surface area contributed by atoms with Gasteiger partial charge in [0.15, 0.2) is 5.69 Å². The lowest BCUT2D eigenvalue weighted by atomic mass is 10.2. The van der Waals surface area contributed by atoms with E-state index >= 15 is 0 Å². The lowest BCUT2D eigenvalue weighted by Gasteiger charge is -2.03. The Morgan fingerprint density at radius 3 is 2.95 bits per heavy atom. The van der Waals surface area contributed by atoms with E-state index < -0.39 is 5.91 Å². The molecule has 0 unspecified atom stereocenters. The third kappa shape index (κ3) is 3.60. The average molecular weight is 353 g/mol. The van der Waals surface area contributed by atoms with Gasteiger partial charge in [-0.15, -0.1) is 0 Å². The highest BCUT2D eigenvalue weighted by Gasteiger charge is 2.13. The molecular formula is C13H13BrN4O3. The van der Waals surface area contributed by atoms with Gasteiger partial charge in [0, 0.05) is 18.8 Å². The smallest absolute Gasteiger partial charge is 0.293 e. The number of hydrogen-bond donors (Lipinski definition) is 2. The largest absolute Gasteiger partial charge is 0.507 e. The van der Waals surface area contributed by atoms with Crippen LogP contribution in [0.3, 0.4) is 0 Å². The maximum atomic E-state index is 11.9. The molecule has 0 aliphatic heterocycles. The Morgan fingerprint density at radius 1 is 1.57 bits per heavy atom. The molecule has 0 bridgehead atoms. The number of hydrazone groups is 1. The molecule has 21 heavy (non-hydrogen) atoms. The molecule has 2 aromatic rings. The number of ether oxygens (including phenoxy) is 1. The number of benzene rings is 1. The summed E-state index contributed by atoms with van der Waals surface area (Å²) >= 11 is 3.23. The zero-order valence-electron chi connectivity index (χ0n) is 11.4. The Balaban J connectivity index is 2.09. The van der Waals surface area contributed by atoms with Crippen LogP contribution in [0.2, 0.25) is 0 Å². The van der Waals surface area contributed by atoms with Gasteiger partial charge in [-0.05, 0) is 34.1 Å². The minimum atomic E-state index is -0.457. The number of amides is 1. The van der Waals surface area contributed by atoms with Crippen LogP contribution in [0.25, 0.3) is 0 Å². The molecule has 0 aliphatic rings. The molecule has 2 rings (SSSR count). The predicted molar refractivity (Wildman–Crippen MR) is 80.6 cm³/mol. The number of carbonyl (C=O) groups is 1. The number of hydrogen-bond acceptors (Lipinski definition) is 5. The van der Waals surface area contributed by atoms with Crippen molar-refractivity contribution < 1.29 is 14.6 Å². The summed E-state index contributed by atoms with van der Waals surface area (Å²) in [5.74, 6) is 0.155. The first kappa shape index (κ1) is 15.0. The summed E-state index contributed by atoms with van der Waals surface area (Å²) in [6.45, 7) is 0. The zero-order chi connectivity index (χ0) is 15.4. The molecular weight excluding hydrogens is 340 g/mol. The number of aromatic nitrogens is 2. The Morgan fingerprint density at radius 2 is 2.33 bits per heavy atom. The summed E-state index contributed by atoms with van der Waals surface area (Å²) in [7, 11) is 3.23. The predicted octanol–water partition coefficient (Wildman–Crippen LogP) is 1.66. The third-order valence-electron chi connectivity index (χ3n) is 2.60. The molecule has 0 spiro atoms. The molecule has 110 valence electrons. The second-order valence-electron chi connectivity index (χ2n) is 4.12. The van der Waals surface area contributed by atoms with Crippen LogP contribution in [0.4, 0.5) is 0 Å². The van der Waals surface area contributed by atoms with Crippen molar-refractivity contribution in [2.24, 2.45) is 12.1 Å². The van der Waals surface area contributed by atoms with Crippen LogP contribution in [0.15, 0.2) is 34.0 Å². The lowest BCUT2D eigenvalue weighted by molar-refractivity contribution is 0.0948. The van der Waals surface area contributed by atoms with Crippen LogP contribution in [0, 0.1) is 0 Å². The lowest BCUT2D eigenvalue weighted by Crippen LogP contribution is -2.19. The van der Waals surface area contributed by atoms with E-state index in [4.69, 9.17) is 4.74 Å². The molecule has 1 aromatic heterocycles. The molecule has 0 saturated carbocycles. The topological polar surface area (TPSA) is 88.7 Å². The van der Waals surface area contributed by atoms with Crippen molar-refractivity contribution in [2.75, 3.05) is 7.11 Å². The van der Waals surface area contributed by atoms with E-state index in [0.717, 1.165) is 0 Å². The summed E-state index contributed by atoms with van der Waals surface area (Å²) in [5, 5.41) is 17.5. The van der Waals surface area contributed by atoms with Crippen LogP contribution < -0.4 is 10.2 Å². The van der Waals surface area contributed by atoms with Gasteiger partial charge in [0.25, 0.3) is 5.91 Å². The van der Waals surface area contributed by atoms with Crippen molar-refractivity contribution in [1.29, 1.82) is 0 Å². The van der Waals surface area contributed by atoms with Gasteiger partial charge in [-0.3, -0.25) is 9.48 Å². The highest BCUT2D eigenvalue weighted by molar-refractivity contribution is 9.10. The van der Waals surface area contributed by atoms with Crippen molar-refractivity contribution in [3.8, 4) is 11.5 Å². The highest BCUT2D eigenvalue weighted by Crippen LogP contribution is 2.21. The molecule has 1 aromatic carbocycles. The van der Waals surface area contributed by atoms with Gasteiger partial charge in [-0.25, -0.2) is 5.43 Å². The van der Waals surface area contributed by atoms with Crippen molar-refractivity contribution >= 4 is 28.1 Å². The average Bonchev–Trinajstić information content (AvgIpc) is 2.79. The fraction of sp³-hybridized carbons (Fsp3) is 0.154. The fourth-order valence-corrected chi connectivity index (χ4v) is 2.15. The van der Waals surface area contributed by atoms with E-state index in [-0.39, 0.29) is 11.4 Å². The molecule has 0 radical (unpaired) electrons. The normalized spacial score (nSPS) is 10.8. The number of phenols is 1. The van der Waals surface area contributed by atoms with Crippen molar-refractivity contribution in [2.45, 2.75) is 0 Å². The number of halogens is 1. The summed E-state index contributed by atoms with van der Waals surface area (Å²) in [5.41, 5.74) is 2.99. The first-order valence-electron chi connectivity index (χ1n) is 5.91. The maximum Gasteiger partial charge on any atom is 0.293 e. The van der Waals surface area contributed by atoms with Gasteiger partial charge in [-0.2, -0.15) is 10.2 Å². The summed E-state index contributed by atoms with van der Waals surface area (Å²) < 4.78 is 7.13. The molecule has 7 nitrogen and oxygen atoms in total.